The van der Waals surface area contributed by atoms with Crippen LogP contribution in [0.4, 0.5) is 4.39 Å². The number of esters is 1. The van der Waals surface area contributed by atoms with E-state index in [0.717, 1.165) is 31.8 Å². The van der Waals surface area contributed by atoms with Gasteiger partial charge in [0.25, 0.3) is 0 Å². The summed E-state index contributed by atoms with van der Waals surface area (Å²) in [6, 6.07) is 4.57. The van der Waals surface area contributed by atoms with Gasteiger partial charge >= 0.3 is 5.97 Å². The summed E-state index contributed by atoms with van der Waals surface area (Å²) >= 11 is 0. The first kappa shape index (κ1) is 17.6. The van der Waals surface area contributed by atoms with Crippen molar-refractivity contribution in [3.63, 3.8) is 0 Å². The van der Waals surface area contributed by atoms with Gasteiger partial charge in [0.1, 0.15) is 11.6 Å². The van der Waals surface area contributed by atoms with Gasteiger partial charge in [-0.15, -0.1) is 0 Å². The molecule has 0 amide bonds. The number of methoxy groups -OCH3 is 1. The Kier molecular flexibility index (Phi) is 5.48. The number of imidazole rings is 1. The topological polar surface area (TPSA) is 47.4 Å². The number of aryl methyl sites for hydroxylation is 1. The van der Waals surface area contributed by atoms with Crippen molar-refractivity contribution in [2.45, 2.75) is 25.8 Å². The van der Waals surface area contributed by atoms with Gasteiger partial charge in [0.15, 0.2) is 0 Å². The largest absolute Gasteiger partial charge is 0.465 e. The molecule has 3 rings (SSSR count). The minimum atomic E-state index is -0.515. The fourth-order valence-corrected chi connectivity index (χ4v) is 3.47. The van der Waals surface area contributed by atoms with Crippen molar-refractivity contribution >= 4 is 5.97 Å². The minimum Gasteiger partial charge on any atom is -0.465 e. The van der Waals surface area contributed by atoms with E-state index in [2.05, 4.69) is 19.2 Å². The van der Waals surface area contributed by atoms with Crippen LogP contribution >= 0.6 is 0 Å². The molecule has 0 spiro atoms. The van der Waals surface area contributed by atoms with Gasteiger partial charge in [-0.3, -0.25) is 4.90 Å². The molecular formula is C19H24FN3O2. The Hall–Kier alpha value is -2.21. The SMILES string of the molecule is COC(=O)c1ccc(CN2CCC[C@H](Cc3nccn3C)C2)c(F)c1. The zero-order valence-electron chi connectivity index (χ0n) is 14.7. The van der Waals surface area contributed by atoms with Crippen LogP contribution in [-0.4, -0.2) is 40.6 Å². The Morgan fingerprint density at radius 1 is 1.44 bits per heavy atom. The fourth-order valence-electron chi connectivity index (χ4n) is 3.47. The van der Waals surface area contributed by atoms with Gasteiger partial charge in [-0.25, -0.2) is 14.2 Å². The van der Waals surface area contributed by atoms with Gasteiger partial charge in [0, 0.05) is 44.5 Å². The van der Waals surface area contributed by atoms with Crippen LogP contribution in [-0.2, 0) is 24.8 Å². The monoisotopic (exact) mass is 345 g/mol. The number of likely N-dealkylation sites (tertiary alicyclic amines) is 1. The summed E-state index contributed by atoms with van der Waals surface area (Å²) in [5, 5.41) is 0. The zero-order chi connectivity index (χ0) is 17.8. The van der Waals surface area contributed by atoms with Crippen molar-refractivity contribution in [3.8, 4) is 0 Å². The number of carbonyl (C=O) groups is 1. The van der Waals surface area contributed by atoms with E-state index >= 15 is 0 Å². The zero-order valence-corrected chi connectivity index (χ0v) is 14.7. The van der Waals surface area contributed by atoms with E-state index in [1.165, 1.54) is 19.6 Å². The van der Waals surface area contributed by atoms with E-state index in [1.54, 1.807) is 12.1 Å². The molecule has 5 nitrogen and oxygen atoms in total. The Morgan fingerprint density at radius 2 is 2.28 bits per heavy atom. The quantitative estimate of drug-likeness (QED) is 0.782. The smallest absolute Gasteiger partial charge is 0.337 e. The first-order valence-corrected chi connectivity index (χ1v) is 8.62. The molecule has 0 bridgehead atoms. The normalized spacial score (nSPS) is 18.3. The lowest BCUT2D eigenvalue weighted by atomic mass is 9.94. The van der Waals surface area contributed by atoms with Crippen molar-refractivity contribution in [3.05, 3.63) is 53.4 Å². The highest BCUT2D eigenvalue weighted by atomic mass is 19.1. The van der Waals surface area contributed by atoms with Crippen molar-refractivity contribution in [1.82, 2.24) is 14.5 Å². The number of piperidine rings is 1. The third-order valence-corrected chi connectivity index (χ3v) is 4.86. The van der Waals surface area contributed by atoms with Crippen molar-refractivity contribution in [2.75, 3.05) is 20.2 Å². The third kappa shape index (κ3) is 4.25. The molecule has 2 aromatic rings. The number of ether oxygens (including phenoxy) is 1. The van der Waals surface area contributed by atoms with Crippen LogP contribution in [0.3, 0.4) is 0 Å². The van der Waals surface area contributed by atoms with Gasteiger partial charge in [-0.1, -0.05) is 6.07 Å². The van der Waals surface area contributed by atoms with Crippen LogP contribution in [0, 0.1) is 11.7 Å². The number of benzene rings is 1. The third-order valence-electron chi connectivity index (χ3n) is 4.86. The molecule has 2 heterocycles. The molecule has 1 fully saturated rings. The Balaban J connectivity index is 1.62. The van der Waals surface area contributed by atoms with Gasteiger partial charge in [-0.05, 0) is 37.4 Å². The summed E-state index contributed by atoms with van der Waals surface area (Å²) in [7, 11) is 3.31. The van der Waals surface area contributed by atoms with Crippen LogP contribution in [0.25, 0.3) is 0 Å². The van der Waals surface area contributed by atoms with Gasteiger partial charge in [0.2, 0.25) is 0 Å². The maximum Gasteiger partial charge on any atom is 0.337 e. The summed E-state index contributed by atoms with van der Waals surface area (Å²) in [6.45, 7) is 2.46. The molecule has 0 unspecified atom stereocenters. The average molecular weight is 345 g/mol. The molecular weight excluding hydrogens is 321 g/mol. The molecule has 1 aromatic heterocycles. The Labute approximate surface area is 147 Å². The number of rotatable bonds is 5. The molecule has 6 heteroatoms. The fraction of sp³-hybridized carbons (Fsp3) is 0.474. The molecule has 0 N–H and O–H groups in total. The summed E-state index contributed by atoms with van der Waals surface area (Å²) in [6.07, 6.45) is 7.02. The first-order chi connectivity index (χ1) is 12.1. The Morgan fingerprint density at radius 3 is 2.96 bits per heavy atom. The second-order valence-corrected chi connectivity index (χ2v) is 6.70. The molecule has 1 aliphatic rings. The maximum atomic E-state index is 14.3. The number of nitrogens with zero attached hydrogens (tertiary/aromatic N) is 3. The van der Waals surface area contributed by atoms with Gasteiger partial charge < -0.3 is 9.30 Å². The van der Waals surface area contributed by atoms with Gasteiger partial charge in [0.05, 0.1) is 12.7 Å². The van der Waals surface area contributed by atoms with E-state index in [0.29, 0.717) is 18.0 Å². The van der Waals surface area contributed by atoms with Crippen LogP contribution in [0.15, 0.2) is 30.6 Å². The van der Waals surface area contributed by atoms with Crippen LogP contribution in [0.5, 0.6) is 0 Å². The highest BCUT2D eigenvalue weighted by Gasteiger charge is 2.22. The van der Waals surface area contributed by atoms with Crippen LogP contribution < -0.4 is 0 Å². The second-order valence-electron chi connectivity index (χ2n) is 6.70. The lowest BCUT2D eigenvalue weighted by molar-refractivity contribution is 0.0600. The predicted molar refractivity (Wildman–Crippen MR) is 92.7 cm³/mol. The lowest BCUT2D eigenvalue weighted by Gasteiger charge is -2.32. The number of aromatic nitrogens is 2. The van der Waals surface area contributed by atoms with Gasteiger partial charge in [-0.2, -0.15) is 0 Å². The van der Waals surface area contributed by atoms with E-state index in [1.807, 2.05) is 19.4 Å². The molecule has 1 atom stereocenters. The van der Waals surface area contributed by atoms with Crippen molar-refractivity contribution in [1.29, 1.82) is 0 Å². The summed E-state index contributed by atoms with van der Waals surface area (Å²) in [5.74, 6) is 0.764. The highest BCUT2D eigenvalue weighted by Crippen LogP contribution is 2.23. The van der Waals surface area contributed by atoms with E-state index in [4.69, 9.17) is 0 Å². The molecule has 1 aliphatic heterocycles. The van der Waals surface area contributed by atoms with Crippen molar-refractivity contribution < 1.29 is 13.9 Å². The summed E-state index contributed by atoms with van der Waals surface area (Å²) in [5.41, 5.74) is 0.861. The predicted octanol–water partition coefficient (Wildman–Crippen LogP) is 2.80. The number of carbonyl (C=O) groups excluding carboxylic acids is 1. The Bertz CT molecular complexity index is 744. The molecule has 0 radical (unpaired) electrons. The van der Waals surface area contributed by atoms with Crippen LogP contribution in [0.1, 0.15) is 34.6 Å². The molecule has 0 saturated carbocycles. The van der Waals surface area contributed by atoms with Crippen molar-refractivity contribution in [2.24, 2.45) is 13.0 Å². The average Bonchev–Trinajstić information content (AvgIpc) is 3.01. The lowest BCUT2D eigenvalue weighted by Crippen LogP contribution is -2.36. The number of halogens is 1. The van der Waals surface area contributed by atoms with E-state index in [9.17, 15) is 9.18 Å². The summed E-state index contributed by atoms with van der Waals surface area (Å²) in [4.78, 5) is 18.2. The number of hydrogen-bond donors (Lipinski definition) is 0. The molecule has 25 heavy (non-hydrogen) atoms. The minimum absolute atomic E-state index is 0.245. The molecule has 0 aliphatic carbocycles. The highest BCUT2D eigenvalue weighted by molar-refractivity contribution is 5.89. The molecule has 134 valence electrons. The molecule has 1 aromatic carbocycles. The number of hydrogen-bond acceptors (Lipinski definition) is 4. The standard InChI is InChI=1S/C19H24FN3O2/c1-22-9-7-21-18(22)10-14-4-3-8-23(12-14)13-16-6-5-15(11-17(16)20)19(24)25-2/h5-7,9,11,14H,3-4,8,10,12-13H2,1-2H3/t14-/m1/s1. The van der Waals surface area contributed by atoms with E-state index < -0.39 is 5.97 Å². The maximum absolute atomic E-state index is 14.3. The summed E-state index contributed by atoms with van der Waals surface area (Å²) < 4.78 is 21.0. The van der Waals surface area contributed by atoms with Crippen LogP contribution in [0.2, 0.25) is 0 Å². The van der Waals surface area contributed by atoms with E-state index in [-0.39, 0.29) is 11.4 Å². The first-order valence-electron chi connectivity index (χ1n) is 8.62. The molecule has 1 saturated heterocycles. The second kappa shape index (κ2) is 7.78.